The molecule has 1 rings (SSSR count). The predicted molar refractivity (Wildman–Crippen MR) is 51.8 cm³/mol. The SMILES string of the molecule is O=C(OSCl)OC(=O)c1ccccc1. The Morgan fingerprint density at radius 2 is 1.86 bits per heavy atom. The molecular weight excluding hydrogens is 228 g/mol. The number of carbonyl (C=O) groups is 2. The second-order valence-electron chi connectivity index (χ2n) is 2.15. The van der Waals surface area contributed by atoms with E-state index >= 15 is 0 Å². The molecule has 4 nitrogen and oxygen atoms in total. The summed E-state index contributed by atoms with van der Waals surface area (Å²) in [7, 11) is 5.01. The number of carbonyl (C=O) groups excluding carboxylic acids is 2. The molecule has 0 radical (unpaired) electrons. The standard InChI is InChI=1S/C8H5ClO4S/c9-14-13-8(11)12-7(10)6-4-2-1-3-5-6/h1-5H. The van der Waals surface area contributed by atoms with Gasteiger partial charge in [0, 0.05) is 10.7 Å². The fourth-order valence-corrected chi connectivity index (χ4v) is 0.991. The Morgan fingerprint density at radius 3 is 2.43 bits per heavy atom. The van der Waals surface area contributed by atoms with Crippen molar-refractivity contribution in [2.75, 3.05) is 0 Å². The molecule has 0 fully saturated rings. The lowest BCUT2D eigenvalue weighted by molar-refractivity contribution is 0.0547. The van der Waals surface area contributed by atoms with Gasteiger partial charge >= 0.3 is 12.1 Å². The van der Waals surface area contributed by atoms with E-state index in [9.17, 15) is 9.59 Å². The molecule has 0 heterocycles. The van der Waals surface area contributed by atoms with Crippen molar-refractivity contribution in [3.05, 3.63) is 35.9 Å². The van der Waals surface area contributed by atoms with Gasteiger partial charge in [-0.1, -0.05) is 18.2 Å². The quantitative estimate of drug-likeness (QED) is 0.446. The molecule has 0 atom stereocenters. The van der Waals surface area contributed by atoms with Crippen molar-refractivity contribution in [1.82, 2.24) is 0 Å². The Hall–Kier alpha value is -1.20. The van der Waals surface area contributed by atoms with Gasteiger partial charge in [-0.05, 0) is 12.1 Å². The highest BCUT2D eigenvalue weighted by molar-refractivity contribution is 8.17. The maximum absolute atomic E-state index is 11.2. The van der Waals surface area contributed by atoms with Crippen LogP contribution in [0.3, 0.4) is 0 Å². The van der Waals surface area contributed by atoms with Crippen LogP contribution in [0, 0.1) is 0 Å². The minimum Gasteiger partial charge on any atom is -0.356 e. The van der Waals surface area contributed by atoms with Crippen molar-refractivity contribution in [1.29, 1.82) is 0 Å². The first-order valence-corrected chi connectivity index (χ1v) is 5.07. The normalized spacial score (nSPS) is 9.21. The van der Waals surface area contributed by atoms with Gasteiger partial charge in [-0.2, -0.15) is 0 Å². The highest BCUT2D eigenvalue weighted by Crippen LogP contribution is 2.10. The summed E-state index contributed by atoms with van der Waals surface area (Å²) in [5.74, 6) is -0.777. The largest absolute Gasteiger partial charge is 0.530 e. The molecule has 74 valence electrons. The number of hydrogen-bond acceptors (Lipinski definition) is 5. The van der Waals surface area contributed by atoms with E-state index in [1.807, 2.05) is 0 Å². The van der Waals surface area contributed by atoms with Crippen molar-refractivity contribution in [3.63, 3.8) is 0 Å². The van der Waals surface area contributed by atoms with Gasteiger partial charge in [-0.3, -0.25) is 0 Å². The topological polar surface area (TPSA) is 52.6 Å². The number of hydrogen-bond donors (Lipinski definition) is 0. The summed E-state index contributed by atoms with van der Waals surface area (Å²) >= 11 is 0.292. The van der Waals surface area contributed by atoms with E-state index in [4.69, 9.17) is 10.7 Å². The zero-order chi connectivity index (χ0) is 10.4. The van der Waals surface area contributed by atoms with Gasteiger partial charge in [-0.25, -0.2) is 9.59 Å². The summed E-state index contributed by atoms with van der Waals surface area (Å²) in [5.41, 5.74) is 0.268. The molecule has 0 amide bonds. The molecule has 0 bridgehead atoms. The number of rotatable bonds is 2. The van der Waals surface area contributed by atoms with Crippen LogP contribution in [0.1, 0.15) is 10.4 Å². The second kappa shape index (κ2) is 5.51. The lowest BCUT2D eigenvalue weighted by Gasteiger charge is -1.99. The maximum Gasteiger partial charge on any atom is 0.530 e. The molecule has 1 aromatic carbocycles. The molecular formula is C8H5ClO4S. The lowest BCUT2D eigenvalue weighted by Crippen LogP contribution is -2.10. The van der Waals surface area contributed by atoms with Crippen LogP contribution in [-0.2, 0) is 8.92 Å². The highest BCUT2D eigenvalue weighted by Gasteiger charge is 2.13. The van der Waals surface area contributed by atoms with Gasteiger partial charge in [0.25, 0.3) is 0 Å². The van der Waals surface area contributed by atoms with E-state index in [1.165, 1.54) is 12.1 Å². The smallest absolute Gasteiger partial charge is 0.356 e. The molecule has 0 saturated heterocycles. The maximum atomic E-state index is 11.2. The summed E-state index contributed by atoms with van der Waals surface area (Å²) in [6.45, 7) is 0. The van der Waals surface area contributed by atoms with Gasteiger partial charge in [-0.15, -0.1) is 0 Å². The molecule has 0 aliphatic heterocycles. The first kappa shape index (κ1) is 10.9. The Kier molecular flexibility index (Phi) is 4.28. The Morgan fingerprint density at radius 1 is 1.21 bits per heavy atom. The molecule has 0 aromatic heterocycles. The number of esters is 1. The van der Waals surface area contributed by atoms with Gasteiger partial charge < -0.3 is 8.92 Å². The molecule has 0 aliphatic carbocycles. The van der Waals surface area contributed by atoms with E-state index in [2.05, 4.69) is 8.92 Å². The van der Waals surface area contributed by atoms with Crippen LogP contribution >= 0.6 is 21.9 Å². The van der Waals surface area contributed by atoms with Crippen LogP contribution in [0.2, 0.25) is 0 Å². The second-order valence-corrected chi connectivity index (χ2v) is 2.82. The minimum absolute atomic E-state index is 0.268. The van der Waals surface area contributed by atoms with Crippen molar-refractivity contribution < 1.29 is 18.5 Å². The first-order valence-electron chi connectivity index (χ1n) is 3.50. The van der Waals surface area contributed by atoms with Gasteiger partial charge in [0.2, 0.25) is 0 Å². The van der Waals surface area contributed by atoms with E-state index in [1.54, 1.807) is 18.2 Å². The molecule has 0 aliphatic rings. The third kappa shape index (κ3) is 3.27. The summed E-state index contributed by atoms with van der Waals surface area (Å²) in [6.07, 6.45) is -1.14. The van der Waals surface area contributed by atoms with Gasteiger partial charge in [0.15, 0.2) is 11.3 Å². The van der Waals surface area contributed by atoms with Crippen molar-refractivity contribution in [2.24, 2.45) is 0 Å². The molecule has 14 heavy (non-hydrogen) atoms. The number of halogens is 1. The Balaban J connectivity index is 2.55. The molecule has 0 saturated carbocycles. The average Bonchev–Trinajstić information content (AvgIpc) is 2.19. The predicted octanol–water partition coefficient (Wildman–Crippen LogP) is 2.78. The van der Waals surface area contributed by atoms with Crippen LogP contribution < -0.4 is 0 Å². The molecule has 0 unspecified atom stereocenters. The average molecular weight is 233 g/mol. The summed E-state index contributed by atoms with van der Waals surface area (Å²) in [6, 6.07) is 8.08. The zero-order valence-corrected chi connectivity index (χ0v) is 8.38. The first-order chi connectivity index (χ1) is 6.74. The fourth-order valence-electron chi connectivity index (χ4n) is 0.752. The van der Waals surface area contributed by atoms with Crippen molar-refractivity contribution in [3.8, 4) is 0 Å². The molecule has 0 N–H and O–H groups in total. The fraction of sp³-hybridized carbons (Fsp3) is 0. The van der Waals surface area contributed by atoms with E-state index < -0.39 is 12.1 Å². The van der Waals surface area contributed by atoms with Crippen LogP contribution in [0.4, 0.5) is 4.79 Å². The van der Waals surface area contributed by atoms with Crippen molar-refractivity contribution >= 4 is 34.1 Å². The van der Waals surface area contributed by atoms with Gasteiger partial charge in [0.1, 0.15) is 0 Å². The van der Waals surface area contributed by atoms with E-state index in [0.29, 0.717) is 11.3 Å². The van der Waals surface area contributed by atoms with Crippen LogP contribution in [0.15, 0.2) is 30.3 Å². The third-order valence-corrected chi connectivity index (χ3v) is 1.67. The van der Waals surface area contributed by atoms with Crippen molar-refractivity contribution in [2.45, 2.75) is 0 Å². The van der Waals surface area contributed by atoms with Gasteiger partial charge in [0.05, 0.1) is 5.56 Å². The van der Waals surface area contributed by atoms with Crippen LogP contribution in [-0.4, -0.2) is 12.1 Å². The molecule has 1 aromatic rings. The molecule has 0 spiro atoms. The monoisotopic (exact) mass is 232 g/mol. The van der Waals surface area contributed by atoms with Crippen LogP contribution in [0.5, 0.6) is 0 Å². The summed E-state index contributed by atoms with van der Waals surface area (Å²) in [4.78, 5) is 21.8. The third-order valence-electron chi connectivity index (χ3n) is 1.29. The highest BCUT2D eigenvalue weighted by atomic mass is 35.7. The number of ether oxygens (including phenoxy) is 1. The van der Waals surface area contributed by atoms with Crippen LogP contribution in [0.25, 0.3) is 0 Å². The summed E-state index contributed by atoms with van der Waals surface area (Å²) < 4.78 is 8.41. The zero-order valence-electron chi connectivity index (χ0n) is 6.81. The lowest BCUT2D eigenvalue weighted by atomic mass is 10.2. The summed E-state index contributed by atoms with van der Waals surface area (Å²) in [5, 5.41) is 0. The number of benzene rings is 1. The van der Waals surface area contributed by atoms with E-state index in [0.717, 1.165) is 0 Å². The van der Waals surface area contributed by atoms with E-state index in [-0.39, 0.29) is 5.56 Å². The minimum atomic E-state index is -1.14. The Labute approximate surface area is 88.9 Å². The molecule has 6 heteroatoms. The Bertz CT molecular complexity index is 327.